The predicted molar refractivity (Wildman–Crippen MR) is 74.6 cm³/mol. The zero-order valence-corrected chi connectivity index (χ0v) is 11.9. The molecule has 0 saturated heterocycles. The highest BCUT2D eigenvalue weighted by Gasteiger charge is 2.32. The van der Waals surface area contributed by atoms with Gasteiger partial charge in [0.25, 0.3) is 0 Å². The van der Waals surface area contributed by atoms with E-state index < -0.39 is 23.3 Å². The molecule has 2 rings (SSSR count). The normalized spacial score (nSPS) is 17.9. The smallest absolute Gasteiger partial charge is 0.416 e. The Hall–Kier alpha value is -1.83. The Morgan fingerprint density at radius 2 is 2.24 bits per heavy atom. The third kappa shape index (κ3) is 3.84. The van der Waals surface area contributed by atoms with Crippen molar-refractivity contribution in [3.05, 3.63) is 41.4 Å². The zero-order valence-electron chi connectivity index (χ0n) is 11.1. The van der Waals surface area contributed by atoms with Gasteiger partial charge in [-0.3, -0.25) is 5.32 Å². The molecule has 1 aliphatic rings. The van der Waals surface area contributed by atoms with Gasteiger partial charge in [-0.25, -0.2) is 4.79 Å². The summed E-state index contributed by atoms with van der Waals surface area (Å²) in [6.07, 6.45) is -3.41. The fourth-order valence-electron chi connectivity index (χ4n) is 1.76. The molecule has 8 heteroatoms. The lowest BCUT2D eigenvalue weighted by Crippen LogP contribution is -2.42. The fourth-order valence-corrected chi connectivity index (χ4v) is 2.60. The molecular weight excluding hydrogens is 305 g/mol. The van der Waals surface area contributed by atoms with Crippen LogP contribution in [0.5, 0.6) is 0 Å². The standard InChI is InChI=1S/C13H13F3N2O2S/c1-2-20-12(19)17-11-18(6-7-21-11)10-5-3-4-9(8-10)13(14,15)16/h3-8,11H,2H2,1H3,(H,17,19). The van der Waals surface area contributed by atoms with E-state index in [1.165, 1.54) is 22.7 Å². The number of alkyl carbamates (subject to hydrolysis) is 1. The Kier molecular flexibility index (Phi) is 4.66. The molecule has 0 aliphatic carbocycles. The Bertz CT molecular complexity index is 548. The van der Waals surface area contributed by atoms with Crippen LogP contribution in [0.15, 0.2) is 35.9 Å². The summed E-state index contributed by atoms with van der Waals surface area (Å²) in [5.41, 5.74) is -0.930. The molecule has 1 aromatic rings. The Balaban J connectivity index is 2.16. The number of rotatable bonds is 3. The van der Waals surface area contributed by atoms with Crippen molar-refractivity contribution >= 4 is 23.5 Å². The molecule has 114 valence electrons. The van der Waals surface area contributed by atoms with E-state index >= 15 is 0 Å². The van der Waals surface area contributed by atoms with Crippen LogP contribution in [0.2, 0.25) is 0 Å². The molecule has 1 aliphatic heterocycles. The second-order valence-corrected chi connectivity index (χ2v) is 5.08. The van der Waals surface area contributed by atoms with Gasteiger partial charge in [0, 0.05) is 11.9 Å². The van der Waals surface area contributed by atoms with Gasteiger partial charge in [0.1, 0.15) is 0 Å². The number of thioether (sulfide) groups is 1. The van der Waals surface area contributed by atoms with Gasteiger partial charge >= 0.3 is 12.3 Å². The van der Waals surface area contributed by atoms with Crippen LogP contribution >= 0.6 is 11.8 Å². The second kappa shape index (κ2) is 6.30. The maximum absolute atomic E-state index is 12.7. The lowest BCUT2D eigenvalue weighted by atomic mass is 10.2. The summed E-state index contributed by atoms with van der Waals surface area (Å²) in [5, 5.41) is 4.26. The molecule has 0 saturated carbocycles. The van der Waals surface area contributed by atoms with Crippen LogP contribution in [-0.4, -0.2) is 18.2 Å². The first-order chi connectivity index (χ1) is 9.91. The molecule has 0 spiro atoms. The summed E-state index contributed by atoms with van der Waals surface area (Å²) in [6.45, 7) is 1.89. The van der Waals surface area contributed by atoms with Crippen LogP contribution in [0.3, 0.4) is 0 Å². The number of nitrogens with one attached hydrogen (secondary N) is 1. The van der Waals surface area contributed by atoms with Crippen molar-refractivity contribution in [2.75, 3.05) is 11.5 Å². The molecule has 1 N–H and O–H groups in total. The molecule has 21 heavy (non-hydrogen) atoms. The highest BCUT2D eigenvalue weighted by Crippen LogP contribution is 2.34. The number of ether oxygens (including phenoxy) is 1. The Morgan fingerprint density at radius 3 is 2.90 bits per heavy atom. The van der Waals surface area contributed by atoms with Crippen molar-refractivity contribution in [3.8, 4) is 0 Å². The topological polar surface area (TPSA) is 41.6 Å². The summed E-state index contributed by atoms with van der Waals surface area (Å²) in [6, 6.07) is 4.92. The number of halogens is 3. The largest absolute Gasteiger partial charge is 0.450 e. The second-order valence-electron chi connectivity index (χ2n) is 4.09. The molecule has 1 heterocycles. The number of benzene rings is 1. The highest BCUT2D eigenvalue weighted by atomic mass is 32.2. The molecule has 1 atom stereocenters. The molecule has 1 amide bonds. The average molecular weight is 318 g/mol. The van der Waals surface area contributed by atoms with Gasteiger partial charge in [0.05, 0.1) is 12.2 Å². The minimum atomic E-state index is -4.41. The quantitative estimate of drug-likeness (QED) is 0.921. The van der Waals surface area contributed by atoms with Gasteiger partial charge in [0.2, 0.25) is 0 Å². The maximum Gasteiger partial charge on any atom is 0.416 e. The molecule has 4 nitrogen and oxygen atoms in total. The van der Waals surface area contributed by atoms with Crippen molar-refractivity contribution in [1.29, 1.82) is 0 Å². The number of alkyl halides is 3. The average Bonchev–Trinajstić information content (AvgIpc) is 2.86. The van der Waals surface area contributed by atoms with Crippen LogP contribution in [0.1, 0.15) is 12.5 Å². The van der Waals surface area contributed by atoms with Gasteiger partial charge in [-0.1, -0.05) is 17.8 Å². The fraction of sp³-hybridized carbons (Fsp3) is 0.308. The molecule has 0 aromatic heterocycles. The summed E-state index contributed by atoms with van der Waals surface area (Å²) in [5.74, 6) is 0. The van der Waals surface area contributed by atoms with E-state index in [9.17, 15) is 18.0 Å². The van der Waals surface area contributed by atoms with Crippen LogP contribution in [-0.2, 0) is 10.9 Å². The first-order valence-corrected chi connectivity index (χ1v) is 7.07. The number of carbonyl (C=O) groups excluding carboxylic acids is 1. The van der Waals surface area contributed by atoms with Crippen LogP contribution < -0.4 is 10.2 Å². The van der Waals surface area contributed by atoms with Crippen molar-refractivity contribution in [1.82, 2.24) is 5.32 Å². The molecule has 1 aromatic carbocycles. The molecule has 0 fully saturated rings. The first-order valence-electron chi connectivity index (χ1n) is 6.13. The lowest BCUT2D eigenvalue weighted by Gasteiger charge is -2.25. The SMILES string of the molecule is CCOC(=O)NC1SC=CN1c1cccc(C(F)(F)F)c1. The third-order valence-electron chi connectivity index (χ3n) is 2.67. The molecular formula is C13H13F3N2O2S. The van der Waals surface area contributed by atoms with E-state index in [-0.39, 0.29) is 6.61 Å². The third-order valence-corrected chi connectivity index (χ3v) is 3.55. The number of hydrogen-bond donors (Lipinski definition) is 1. The molecule has 1 unspecified atom stereocenters. The number of anilines is 1. The monoisotopic (exact) mass is 318 g/mol. The van der Waals surface area contributed by atoms with Gasteiger partial charge in [-0.2, -0.15) is 13.2 Å². The summed E-state index contributed by atoms with van der Waals surface area (Å²) in [7, 11) is 0. The maximum atomic E-state index is 12.7. The Labute approximate surface area is 123 Å². The minimum absolute atomic E-state index is 0.222. The van der Waals surface area contributed by atoms with E-state index in [1.54, 1.807) is 24.6 Å². The summed E-state index contributed by atoms with van der Waals surface area (Å²) in [4.78, 5) is 13.0. The molecule has 0 radical (unpaired) electrons. The highest BCUT2D eigenvalue weighted by molar-refractivity contribution is 8.03. The van der Waals surface area contributed by atoms with Crippen LogP contribution in [0.25, 0.3) is 0 Å². The number of carbonyl (C=O) groups is 1. The van der Waals surface area contributed by atoms with Gasteiger partial charge in [0.15, 0.2) is 5.50 Å². The van der Waals surface area contributed by atoms with E-state index in [0.29, 0.717) is 5.69 Å². The van der Waals surface area contributed by atoms with Crippen molar-refractivity contribution in [2.45, 2.75) is 18.6 Å². The number of nitrogens with zero attached hydrogens (tertiary/aromatic N) is 1. The van der Waals surface area contributed by atoms with Gasteiger partial charge in [-0.15, -0.1) is 0 Å². The van der Waals surface area contributed by atoms with Crippen molar-refractivity contribution in [2.24, 2.45) is 0 Å². The van der Waals surface area contributed by atoms with E-state index in [1.807, 2.05) is 0 Å². The van der Waals surface area contributed by atoms with Gasteiger partial charge in [-0.05, 0) is 30.5 Å². The summed E-state index contributed by atoms with van der Waals surface area (Å²) >= 11 is 1.27. The number of hydrogen-bond acceptors (Lipinski definition) is 4. The van der Waals surface area contributed by atoms with Crippen molar-refractivity contribution in [3.63, 3.8) is 0 Å². The molecule has 0 bridgehead atoms. The predicted octanol–water partition coefficient (Wildman–Crippen LogP) is 3.76. The summed E-state index contributed by atoms with van der Waals surface area (Å²) < 4.78 is 43.0. The van der Waals surface area contributed by atoms with Crippen LogP contribution in [0.4, 0.5) is 23.7 Å². The van der Waals surface area contributed by atoms with Gasteiger partial charge < -0.3 is 9.64 Å². The zero-order chi connectivity index (χ0) is 15.5. The Morgan fingerprint density at radius 1 is 1.48 bits per heavy atom. The van der Waals surface area contributed by atoms with E-state index in [0.717, 1.165) is 12.1 Å². The number of amides is 1. The lowest BCUT2D eigenvalue weighted by molar-refractivity contribution is -0.137. The van der Waals surface area contributed by atoms with E-state index in [2.05, 4.69) is 5.32 Å². The minimum Gasteiger partial charge on any atom is -0.450 e. The van der Waals surface area contributed by atoms with Crippen molar-refractivity contribution < 1.29 is 22.7 Å². The van der Waals surface area contributed by atoms with E-state index in [4.69, 9.17) is 4.74 Å². The van der Waals surface area contributed by atoms with Crippen LogP contribution in [0, 0.1) is 0 Å². The first kappa shape index (κ1) is 15.6.